The van der Waals surface area contributed by atoms with Crippen molar-refractivity contribution >= 4 is 5.97 Å². The average molecular weight is 474 g/mol. The Morgan fingerprint density at radius 2 is 2.06 bits per heavy atom. The number of hydrogen-bond acceptors (Lipinski definition) is 7. The van der Waals surface area contributed by atoms with Gasteiger partial charge in [0, 0.05) is 20.0 Å². The lowest BCUT2D eigenvalue weighted by Gasteiger charge is -2.27. The third kappa shape index (κ3) is 6.76. The molecule has 2 heterocycles. The summed E-state index contributed by atoms with van der Waals surface area (Å²) in [6, 6.07) is 3.80. The Labute approximate surface area is 202 Å². The second-order valence-electron chi connectivity index (χ2n) is 9.78. The van der Waals surface area contributed by atoms with Crippen molar-refractivity contribution in [2.24, 2.45) is 18.9 Å². The molecule has 0 saturated heterocycles. The Morgan fingerprint density at radius 1 is 1.29 bits per heavy atom. The zero-order valence-corrected chi connectivity index (χ0v) is 21.3. The highest BCUT2D eigenvalue weighted by molar-refractivity contribution is 5.70. The summed E-state index contributed by atoms with van der Waals surface area (Å²) in [5, 5.41) is 17.9. The molecule has 9 nitrogen and oxygen atoms in total. The fourth-order valence-corrected chi connectivity index (χ4v) is 4.49. The topological polar surface area (TPSA) is 103 Å². The standard InChI is InChI=1S/C25H39N5O4/c1-16(2)15-29(5)18(4)33-13-12-22-24(27-28-30(22)6)21-10-11-23(17(3)26-21)34-20-9-7-8-19(14-20)25(31)32/h10-11,16,18-20H,7-9,12-15H2,1-6H3,(H,31,32)/t18?,19-,20-/m0/s1. The van der Waals surface area contributed by atoms with E-state index in [9.17, 15) is 9.90 Å². The van der Waals surface area contributed by atoms with Gasteiger partial charge in [-0.2, -0.15) is 0 Å². The molecule has 0 bridgehead atoms. The smallest absolute Gasteiger partial charge is 0.306 e. The summed E-state index contributed by atoms with van der Waals surface area (Å²) in [5.41, 5.74) is 3.21. The molecule has 3 rings (SSSR count). The fourth-order valence-electron chi connectivity index (χ4n) is 4.49. The van der Waals surface area contributed by atoms with Crippen molar-refractivity contribution in [3.8, 4) is 17.1 Å². The summed E-state index contributed by atoms with van der Waals surface area (Å²) >= 11 is 0. The van der Waals surface area contributed by atoms with E-state index in [1.165, 1.54) is 0 Å². The third-order valence-electron chi connectivity index (χ3n) is 6.46. The van der Waals surface area contributed by atoms with Crippen LogP contribution in [0.25, 0.3) is 11.4 Å². The first kappa shape index (κ1) is 26.1. The molecule has 1 N–H and O–H groups in total. The van der Waals surface area contributed by atoms with Crippen molar-refractivity contribution in [1.82, 2.24) is 24.9 Å². The van der Waals surface area contributed by atoms with Gasteiger partial charge in [0.05, 0.1) is 35.7 Å². The number of pyridine rings is 1. The van der Waals surface area contributed by atoms with Gasteiger partial charge in [-0.25, -0.2) is 4.98 Å². The summed E-state index contributed by atoms with van der Waals surface area (Å²) in [4.78, 5) is 18.3. The first-order valence-corrected chi connectivity index (χ1v) is 12.2. The second kappa shape index (κ2) is 11.8. The number of carbonyl (C=O) groups is 1. The van der Waals surface area contributed by atoms with Crippen LogP contribution in [0.4, 0.5) is 0 Å². The third-order valence-corrected chi connectivity index (χ3v) is 6.46. The van der Waals surface area contributed by atoms with Gasteiger partial charge in [0.1, 0.15) is 17.7 Å². The first-order valence-electron chi connectivity index (χ1n) is 12.2. The molecule has 2 aromatic heterocycles. The molecule has 0 amide bonds. The predicted molar refractivity (Wildman–Crippen MR) is 130 cm³/mol. The van der Waals surface area contributed by atoms with Gasteiger partial charge >= 0.3 is 5.97 Å². The molecule has 9 heteroatoms. The monoisotopic (exact) mass is 473 g/mol. The molecule has 3 atom stereocenters. The Hall–Kier alpha value is -2.52. The van der Waals surface area contributed by atoms with E-state index >= 15 is 0 Å². The molecule has 1 fully saturated rings. The largest absolute Gasteiger partial charge is 0.489 e. The predicted octanol–water partition coefficient (Wildman–Crippen LogP) is 3.70. The molecular weight excluding hydrogens is 434 g/mol. The molecule has 2 aromatic rings. The van der Waals surface area contributed by atoms with E-state index in [1.54, 1.807) is 4.68 Å². The molecule has 0 radical (unpaired) electrons. The van der Waals surface area contributed by atoms with Crippen LogP contribution in [0.3, 0.4) is 0 Å². The number of aliphatic carboxylic acids is 1. The minimum Gasteiger partial charge on any atom is -0.489 e. The van der Waals surface area contributed by atoms with Crippen molar-refractivity contribution in [1.29, 1.82) is 0 Å². The van der Waals surface area contributed by atoms with Crippen molar-refractivity contribution in [2.45, 2.75) is 72.1 Å². The van der Waals surface area contributed by atoms with Crippen LogP contribution in [-0.4, -0.2) is 68.5 Å². The van der Waals surface area contributed by atoms with Crippen molar-refractivity contribution in [2.75, 3.05) is 20.2 Å². The van der Waals surface area contributed by atoms with Crippen molar-refractivity contribution in [3.63, 3.8) is 0 Å². The molecule has 34 heavy (non-hydrogen) atoms. The van der Waals surface area contributed by atoms with E-state index in [1.807, 2.05) is 26.1 Å². The van der Waals surface area contributed by atoms with E-state index in [4.69, 9.17) is 14.5 Å². The summed E-state index contributed by atoms with van der Waals surface area (Å²) in [6.07, 6.45) is 3.60. The van der Waals surface area contributed by atoms with E-state index < -0.39 is 5.97 Å². The SMILES string of the molecule is Cc1nc(-c2nnn(C)c2CCOC(C)N(C)CC(C)C)ccc1O[C@H]1CCC[C@H](C(=O)O)C1. The van der Waals surface area contributed by atoms with Crippen LogP contribution >= 0.6 is 0 Å². The lowest BCUT2D eigenvalue weighted by Crippen LogP contribution is -2.34. The lowest BCUT2D eigenvalue weighted by molar-refractivity contribution is -0.143. The number of hydrogen-bond donors (Lipinski definition) is 1. The van der Waals surface area contributed by atoms with Crippen LogP contribution in [0.2, 0.25) is 0 Å². The van der Waals surface area contributed by atoms with Crippen LogP contribution < -0.4 is 4.74 Å². The lowest BCUT2D eigenvalue weighted by atomic mass is 9.87. The van der Waals surface area contributed by atoms with Crippen LogP contribution in [0.5, 0.6) is 5.75 Å². The first-order chi connectivity index (χ1) is 16.2. The highest BCUT2D eigenvalue weighted by Crippen LogP contribution is 2.30. The maximum Gasteiger partial charge on any atom is 0.306 e. The molecular formula is C25H39N5O4. The summed E-state index contributed by atoms with van der Waals surface area (Å²) in [6.45, 7) is 9.91. The van der Waals surface area contributed by atoms with Gasteiger partial charge < -0.3 is 14.6 Å². The Balaban J connectivity index is 1.64. The highest BCUT2D eigenvalue weighted by Gasteiger charge is 2.28. The Morgan fingerprint density at radius 3 is 2.74 bits per heavy atom. The molecule has 1 aliphatic carbocycles. The zero-order chi connectivity index (χ0) is 24.8. The van der Waals surface area contributed by atoms with Crippen LogP contribution in [-0.2, 0) is 23.0 Å². The maximum absolute atomic E-state index is 11.3. The molecule has 188 valence electrons. The summed E-state index contributed by atoms with van der Waals surface area (Å²) < 4.78 is 14.0. The summed E-state index contributed by atoms with van der Waals surface area (Å²) in [7, 11) is 3.96. The highest BCUT2D eigenvalue weighted by atomic mass is 16.5. The van der Waals surface area contributed by atoms with Gasteiger partial charge in [-0.05, 0) is 64.6 Å². The van der Waals surface area contributed by atoms with E-state index in [2.05, 4.69) is 43.0 Å². The number of aryl methyl sites for hydroxylation is 2. The number of ether oxygens (including phenoxy) is 2. The number of carboxylic acid groups (broad SMARTS) is 1. The minimum atomic E-state index is -0.737. The second-order valence-corrected chi connectivity index (χ2v) is 9.78. The summed E-state index contributed by atoms with van der Waals surface area (Å²) in [5.74, 6) is 0.208. The van der Waals surface area contributed by atoms with E-state index in [-0.39, 0.29) is 18.2 Å². The molecule has 0 aliphatic heterocycles. The number of carboxylic acids is 1. The quantitative estimate of drug-likeness (QED) is 0.493. The van der Waals surface area contributed by atoms with Gasteiger partial charge in [-0.1, -0.05) is 19.1 Å². The minimum absolute atomic E-state index is 0.0318. The maximum atomic E-state index is 11.3. The van der Waals surface area contributed by atoms with E-state index in [0.29, 0.717) is 31.1 Å². The number of nitrogens with zero attached hydrogens (tertiary/aromatic N) is 5. The van der Waals surface area contributed by atoms with Gasteiger partial charge in [0.2, 0.25) is 0 Å². The van der Waals surface area contributed by atoms with Gasteiger partial charge in [-0.15, -0.1) is 5.10 Å². The Kier molecular flexibility index (Phi) is 9.02. The number of rotatable bonds is 11. The van der Waals surface area contributed by atoms with E-state index in [0.717, 1.165) is 48.6 Å². The zero-order valence-electron chi connectivity index (χ0n) is 21.3. The van der Waals surface area contributed by atoms with Crippen molar-refractivity contribution in [3.05, 3.63) is 23.5 Å². The van der Waals surface area contributed by atoms with Crippen LogP contribution in [0.1, 0.15) is 57.8 Å². The van der Waals surface area contributed by atoms with Crippen LogP contribution in [0, 0.1) is 18.8 Å². The Bertz CT molecular complexity index is 961. The van der Waals surface area contributed by atoms with Crippen molar-refractivity contribution < 1.29 is 19.4 Å². The molecule has 0 aromatic carbocycles. The number of aromatic nitrogens is 4. The molecule has 1 unspecified atom stereocenters. The molecule has 1 aliphatic rings. The molecule has 1 saturated carbocycles. The fraction of sp³-hybridized carbons (Fsp3) is 0.680. The van der Waals surface area contributed by atoms with Crippen LogP contribution in [0.15, 0.2) is 12.1 Å². The normalized spacial score (nSPS) is 19.5. The van der Waals surface area contributed by atoms with Gasteiger partial charge in [0.25, 0.3) is 0 Å². The van der Waals surface area contributed by atoms with Gasteiger partial charge in [-0.3, -0.25) is 14.4 Å². The van der Waals surface area contributed by atoms with Gasteiger partial charge in [0.15, 0.2) is 0 Å². The average Bonchev–Trinajstić information content (AvgIpc) is 3.15. The molecule has 0 spiro atoms.